The second kappa shape index (κ2) is 6.04. The number of hydrogen-bond donors (Lipinski definition) is 0. The first-order chi connectivity index (χ1) is 9.83. The van der Waals surface area contributed by atoms with Gasteiger partial charge in [0.05, 0.1) is 0 Å². The Kier molecular flexibility index (Phi) is 3.96. The van der Waals surface area contributed by atoms with Gasteiger partial charge in [0.15, 0.2) is 5.78 Å². The van der Waals surface area contributed by atoms with E-state index in [2.05, 4.69) is 36.4 Å². The number of Topliss-reactive ketones (excluding diaryl/α,β-unsaturated/α-hetero) is 1. The molecule has 0 amide bonds. The van der Waals surface area contributed by atoms with Crippen molar-refractivity contribution in [3.8, 4) is 0 Å². The van der Waals surface area contributed by atoms with E-state index in [0.717, 1.165) is 30.4 Å². The summed E-state index contributed by atoms with van der Waals surface area (Å²) >= 11 is 0. The Bertz CT molecular complexity index is 652. The average molecular weight is 264 g/mol. The van der Waals surface area contributed by atoms with Crippen molar-refractivity contribution in [2.75, 3.05) is 0 Å². The third-order valence-electron chi connectivity index (χ3n) is 4.08. The van der Waals surface area contributed by atoms with E-state index in [0.29, 0.717) is 12.2 Å². The summed E-state index contributed by atoms with van der Waals surface area (Å²) in [7, 11) is 0. The van der Waals surface area contributed by atoms with Gasteiger partial charge in [-0.25, -0.2) is 0 Å². The van der Waals surface area contributed by atoms with Crippen molar-refractivity contribution in [1.29, 1.82) is 0 Å². The number of carbonyl (C=O) groups excluding carboxylic acids is 1. The first-order valence-corrected chi connectivity index (χ1v) is 7.53. The molecule has 0 N–H and O–H groups in total. The quantitative estimate of drug-likeness (QED) is 0.775. The molecule has 0 aliphatic heterocycles. The highest BCUT2D eigenvalue weighted by molar-refractivity contribution is 5.97. The molecule has 2 aromatic rings. The standard InChI is InChI=1S/C19H20O/c20-19(17-8-3-1-2-4-9-17)14-15-11-12-16-7-5-6-10-18(16)13-15/h5-8,10-13H,1-4,9,14H2. The van der Waals surface area contributed by atoms with Crippen molar-refractivity contribution in [1.82, 2.24) is 0 Å². The Morgan fingerprint density at radius 2 is 1.80 bits per heavy atom. The molecule has 0 saturated carbocycles. The summed E-state index contributed by atoms with van der Waals surface area (Å²) < 4.78 is 0. The number of rotatable bonds is 3. The average Bonchev–Trinajstić information content (AvgIpc) is 2.76. The van der Waals surface area contributed by atoms with Crippen molar-refractivity contribution in [2.24, 2.45) is 0 Å². The van der Waals surface area contributed by atoms with E-state index in [-0.39, 0.29) is 0 Å². The number of benzene rings is 2. The summed E-state index contributed by atoms with van der Waals surface area (Å²) in [6, 6.07) is 14.6. The van der Waals surface area contributed by atoms with Crippen molar-refractivity contribution >= 4 is 16.6 Å². The van der Waals surface area contributed by atoms with Crippen LogP contribution >= 0.6 is 0 Å². The van der Waals surface area contributed by atoms with Gasteiger partial charge in [-0.2, -0.15) is 0 Å². The molecule has 0 saturated heterocycles. The first-order valence-electron chi connectivity index (χ1n) is 7.53. The van der Waals surface area contributed by atoms with Gasteiger partial charge < -0.3 is 0 Å². The van der Waals surface area contributed by atoms with Crippen molar-refractivity contribution in [3.05, 3.63) is 59.7 Å². The van der Waals surface area contributed by atoms with E-state index in [1.165, 1.54) is 23.6 Å². The van der Waals surface area contributed by atoms with Crippen LogP contribution in [-0.2, 0) is 11.2 Å². The summed E-state index contributed by atoms with van der Waals surface area (Å²) in [5, 5.41) is 2.45. The molecule has 0 radical (unpaired) electrons. The lowest BCUT2D eigenvalue weighted by atomic mass is 9.98. The normalized spacial score (nSPS) is 15.7. The molecule has 0 aromatic heterocycles. The summed E-state index contributed by atoms with van der Waals surface area (Å²) in [5.74, 6) is 0.308. The smallest absolute Gasteiger partial charge is 0.162 e. The second-order valence-electron chi connectivity index (χ2n) is 5.61. The van der Waals surface area contributed by atoms with Crippen LogP contribution in [0.5, 0.6) is 0 Å². The Morgan fingerprint density at radius 1 is 0.950 bits per heavy atom. The maximum absolute atomic E-state index is 12.4. The van der Waals surface area contributed by atoms with Gasteiger partial charge in [-0.05, 0) is 47.6 Å². The molecule has 0 unspecified atom stereocenters. The molecule has 0 spiro atoms. The van der Waals surface area contributed by atoms with Crippen LogP contribution in [0.25, 0.3) is 10.8 Å². The van der Waals surface area contributed by atoms with E-state index < -0.39 is 0 Å². The molecule has 0 heterocycles. The Labute approximate surface area is 120 Å². The summed E-state index contributed by atoms with van der Waals surface area (Å²) in [6.45, 7) is 0. The number of allylic oxidation sites excluding steroid dienone is 2. The van der Waals surface area contributed by atoms with Crippen molar-refractivity contribution in [2.45, 2.75) is 38.5 Å². The molecule has 3 rings (SSSR count). The number of ketones is 1. The lowest BCUT2D eigenvalue weighted by molar-refractivity contribution is -0.115. The molecule has 20 heavy (non-hydrogen) atoms. The van der Waals surface area contributed by atoms with E-state index in [1.807, 2.05) is 12.1 Å². The number of carbonyl (C=O) groups is 1. The van der Waals surface area contributed by atoms with Crippen molar-refractivity contribution in [3.63, 3.8) is 0 Å². The Hall–Kier alpha value is -1.89. The largest absolute Gasteiger partial charge is 0.294 e. The minimum atomic E-state index is 0.308. The molecule has 1 aliphatic carbocycles. The summed E-state index contributed by atoms with van der Waals surface area (Å²) in [4.78, 5) is 12.4. The SMILES string of the molecule is O=C(Cc1ccc2ccccc2c1)C1=CCCCCC1. The zero-order chi connectivity index (χ0) is 13.8. The van der Waals surface area contributed by atoms with Gasteiger partial charge in [0.1, 0.15) is 0 Å². The molecular formula is C19H20O. The zero-order valence-electron chi connectivity index (χ0n) is 11.8. The lowest BCUT2D eigenvalue weighted by Crippen LogP contribution is -2.06. The molecule has 1 aliphatic rings. The predicted molar refractivity (Wildman–Crippen MR) is 83.8 cm³/mol. The fraction of sp³-hybridized carbons (Fsp3) is 0.316. The third kappa shape index (κ3) is 2.98. The van der Waals surface area contributed by atoms with Crippen LogP contribution in [0.3, 0.4) is 0 Å². The number of hydrogen-bond acceptors (Lipinski definition) is 1. The van der Waals surface area contributed by atoms with Crippen LogP contribution in [0.15, 0.2) is 54.1 Å². The maximum Gasteiger partial charge on any atom is 0.162 e. The summed E-state index contributed by atoms with van der Waals surface area (Å²) in [6.07, 6.45) is 8.38. The van der Waals surface area contributed by atoms with Crippen LogP contribution in [-0.4, -0.2) is 5.78 Å². The van der Waals surface area contributed by atoms with Crippen LogP contribution in [0.2, 0.25) is 0 Å². The molecule has 0 bridgehead atoms. The molecule has 102 valence electrons. The van der Waals surface area contributed by atoms with Crippen LogP contribution in [0, 0.1) is 0 Å². The predicted octanol–water partition coefficient (Wildman–Crippen LogP) is 4.84. The fourth-order valence-corrected chi connectivity index (χ4v) is 2.92. The molecule has 2 aromatic carbocycles. The van der Waals surface area contributed by atoms with Crippen LogP contribution in [0.1, 0.15) is 37.7 Å². The minimum Gasteiger partial charge on any atom is -0.294 e. The highest BCUT2D eigenvalue weighted by Gasteiger charge is 2.12. The minimum absolute atomic E-state index is 0.308. The van der Waals surface area contributed by atoms with E-state index in [9.17, 15) is 4.79 Å². The van der Waals surface area contributed by atoms with Gasteiger partial charge in [0.25, 0.3) is 0 Å². The Balaban J connectivity index is 1.78. The highest BCUT2D eigenvalue weighted by Crippen LogP contribution is 2.21. The highest BCUT2D eigenvalue weighted by atomic mass is 16.1. The van der Waals surface area contributed by atoms with Crippen molar-refractivity contribution < 1.29 is 4.79 Å². The molecule has 0 fully saturated rings. The summed E-state index contributed by atoms with van der Waals surface area (Å²) in [5.41, 5.74) is 2.18. The second-order valence-corrected chi connectivity index (χ2v) is 5.61. The van der Waals surface area contributed by atoms with E-state index in [1.54, 1.807) is 0 Å². The molecule has 1 heteroatoms. The zero-order valence-corrected chi connectivity index (χ0v) is 11.8. The third-order valence-corrected chi connectivity index (χ3v) is 4.08. The van der Waals surface area contributed by atoms with E-state index in [4.69, 9.17) is 0 Å². The lowest BCUT2D eigenvalue weighted by Gasteiger charge is -2.06. The first kappa shape index (κ1) is 13.1. The molecular weight excluding hydrogens is 244 g/mol. The monoisotopic (exact) mass is 264 g/mol. The van der Waals surface area contributed by atoms with Gasteiger partial charge in [0, 0.05) is 6.42 Å². The maximum atomic E-state index is 12.4. The Morgan fingerprint density at radius 3 is 2.70 bits per heavy atom. The van der Waals surface area contributed by atoms with Gasteiger partial charge in [-0.1, -0.05) is 55.0 Å². The molecule has 1 nitrogen and oxygen atoms in total. The van der Waals surface area contributed by atoms with Gasteiger partial charge >= 0.3 is 0 Å². The fourth-order valence-electron chi connectivity index (χ4n) is 2.92. The molecule has 0 atom stereocenters. The number of fused-ring (bicyclic) bond motifs is 1. The van der Waals surface area contributed by atoms with Crippen LogP contribution < -0.4 is 0 Å². The van der Waals surface area contributed by atoms with Gasteiger partial charge in [-0.15, -0.1) is 0 Å². The van der Waals surface area contributed by atoms with E-state index >= 15 is 0 Å². The van der Waals surface area contributed by atoms with Crippen LogP contribution in [0.4, 0.5) is 0 Å². The topological polar surface area (TPSA) is 17.1 Å². The van der Waals surface area contributed by atoms with Gasteiger partial charge in [0.2, 0.25) is 0 Å². The van der Waals surface area contributed by atoms with Gasteiger partial charge in [-0.3, -0.25) is 4.79 Å².